The fraction of sp³-hybridized carbons (Fsp3) is 0.222. The molecule has 0 aromatic heterocycles. The summed E-state index contributed by atoms with van der Waals surface area (Å²) in [6.07, 6.45) is 9.85. The van der Waals surface area contributed by atoms with E-state index < -0.39 is 0 Å². The average Bonchev–Trinajstić information content (AvgIpc) is 2.40. The maximum Gasteiger partial charge on any atom is 0.145 e. The minimum Gasteiger partial charge on any atom is -0.298 e. The number of hydrogen-bond donors (Lipinski definition) is 0. The zero-order valence-electron chi connectivity index (χ0n) is 6.00. The quantitative estimate of drug-likeness (QED) is 0.417. The predicted octanol–water partition coefficient (Wildman–Crippen LogP) is 2.02. The third-order valence-corrected chi connectivity index (χ3v) is 1.40. The molecule has 0 bridgehead atoms. The molecule has 0 unspecified atom stereocenters. The third kappa shape index (κ3) is 1.69. The van der Waals surface area contributed by atoms with Crippen molar-refractivity contribution in [3.05, 3.63) is 35.5 Å². The van der Waals surface area contributed by atoms with Crippen LogP contribution >= 0.6 is 0 Å². The highest BCUT2D eigenvalue weighted by atomic mass is 16.1. The first-order valence-electron chi connectivity index (χ1n) is 3.32. The van der Waals surface area contributed by atoms with E-state index in [4.69, 9.17) is 0 Å². The van der Waals surface area contributed by atoms with E-state index in [-0.39, 0.29) is 0 Å². The number of hydrogen-bond acceptors (Lipinski definition) is 1. The summed E-state index contributed by atoms with van der Waals surface area (Å²) in [5, 5.41) is 0. The van der Waals surface area contributed by atoms with Gasteiger partial charge >= 0.3 is 0 Å². The van der Waals surface area contributed by atoms with Gasteiger partial charge in [0.25, 0.3) is 0 Å². The van der Waals surface area contributed by atoms with Crippen LogP contribution in [0.1, 0.15) is 13.3 Å². The van der Waals surface area contributed by atoms with Crippen molar-refractivity contribution in [2.75, 3.05) is 0 Å². The van der Waals surface area contributed by atoms with Gasteiger partial charge in [-0.2, -0.15) is 0 Å². The highest BCUT2D eigenvalue weighted by Crippen LogP contribution is 2.12. The Morgan fingerprint density at radius 3 is 3.00 bits per heavy atom. The number of carbonyl (C=O) groups excluding carboxylic acids is 1. The summed E-state index contributed by atoms with van der Waals surface area (Å²) in [6.45, 7) is 1.81. The Morgan fingerprint density at radius 2 is 2.50 bits per heavy atom. The van der Waals surface area contributed by atoms with Crippen molar-refractivity contribution in [2.24, 2.45) is 0 Å². The number of carbonyl (C=O) groups is 1. The van der Waals surface area contributed by atoms with Gasteiger partial charge in [-0.3, -0.25) is 4.79 Å². The van der Waals surface area contributed by atoms with Crippen LogP contribution in [0.25, 0.3) is 0 Å². The molecule has 0 amide bonds. The second kappa shape index (κ2) is 3.16. The summed E-state index contributed by atoms with van der Waals surface area (Å²) in [7, 11) is 0. The molecule has 1 aliphatic carbocycles. The molecule has 52 valence electrons. The van der Waals surface area contributed by atoms with E-state index >= 15 is 0 Å². The van der Waals surface area contributed by atoms with Gasteiger partial charge < -0.3 is 0 Å². The van der Waals surface area contributed by atoms with E-state index in [1.807, 2.05) is 25.2 Å². The summed E-state index contributed by atoms with van der Waals surface area (Å²) in [5.74, 6) is 0. The molecule has 10 heavy (non-hydrogen) atoms. The maximum atomic E-state index is 10.2. The molecule has 0 saturated carbocycles. The first-order chi connectivity index (χ1) is 4.83. The molecule has 0 radical (unpaired) electrons. The Hall–Kier alpha value is -1.11. The van der Waals surface area contributed by atoms with Crippen LogP contribution in [-0.4, -0.2) is 6.29 Å². The zero-order valence-corrected chi connectivity index (χ0v) is 6.00. The molecular formula is C9H10O. The summed E-state index contributed by atoms with van der Waals surface area (Å²) >= 11 is 0. The van der Waals surface area contributed by atoms with E-state index in [0.717, 1.165) is 18.3 Å². The molecule has 1 rings (SSSR count). The summed E-state index contributed by atoms with van der Waals surface area (Å²) in [6, 6.07) is 0. The van der Waals surface area contributed by atoms with E-state index in [0.29, 0.717) is 0 Å². The van der Waals surface area contributed by atoms with Crippen LogP contribution in [0.15, 0.2) is 35.5 Å². The minimum absolute atomic E-state index is 0.787. The fourth-order valence-electron chi connectivity index (χ4n) is 0.897. The number of rotatable bonds is 2. The molecule has 0 atom stereocenters. The second-order valence-electron chi connectivity index (χ2n) is 2.38. The van der Waals surface area contributed by atoms with Gasteiger partial charge in [-0.25, -0.2) is 0 Å². The van der Waals surface area contributed by atoms with Gasteiger partial charge in [0, 0.05) is 0 Å². The standard InChI is InChI=1S/C9H10O/c1-8(7-10)6-9-4-2-3-5-9/h2-4,6-7H,5H2,1H3/b8-6+. The van der Waals surface area contributed by atoms with Gasteiger partial charge in [0.1, 0.15) is 6.29 Å². The maximum absolute atomic E-state index is 10.2. The molecule has 0 aromatic rings. The smallest absolute Gasteiger partial charge is 0.145 e. The van der Waals surface area contributed by atoms with E-state index in [2.05, 4.69) is 6.08 Å². The molecule has 1 heteroatoms. The van der Waals surface area contributed by atoms with E-state index in [1.54, 1.807) is 0 Å². The molecule has 0 aliphatic heterocycles. The predicted molar refractivity (Wildman–Crippen MR) is 41.7 cm³/mol. The average molecular weight is 134 g/mol. The Labute approximate surface area is 60.7 Å². The van der Waals surface area contributed by atoms with Gasteiger partial charge in [0.15, 0.2) is 0 Å². The molecule has 0 spiro atoms. The first-order valence-corrected chi connectivity index (χ1v) is 3.32. The van der Waals surface area contributed by atoms with Crippen molar-refractivity contribution in [1.29, 1.82) is 0 Å². The van der Waals surface area contributed by atoms with E-state index in [9.17, 15) is 4.79 Å². The lowest BCUT2D eigenvalue weighted by molar-refractivity contribution is -0.104. The molecule has 0 heterocycles. The van der Waals surface area contributed by atoms with Gasteiger partial charge in [-0.1, -0.05) is 24.3 Å². The molecule has 0 saturated heterocycles. The SMILES string of the molecule is C/C(C=O)=C\C1=CC=CC1. The van der Waals surface area contributed by atoms with Crippen LogP contribution in [0.3, 0.4) is 0 Å². The molecule has 0 aromatic carbocycles. The fourth-order valence-corrected chi connectivity index (χ4v) is 0.897. The number of aldehydes is 1. The highest BCUT2D eigenvalue weighted by molar-refractivity contribution is 5.73. The Morgan fingerprint density at radius 1 is 1.70 bits per heavy atom. The van der Waals surface area contributed by atoms with Crippen LogP contribution < -0.4 is 0 Å². The monoisotopic (exact) mass is 134 g/mol. The molecule has 1 aliphatic rings. The second-order valence-corrected chi connectivity index (χ2v) is 2.38. The lowest BCUT2D eigenvalue weighted by atomic mass is 10.2. The largest absolute Gasteiger partial charge is 0.298 e. The van der Waals surface area contributed by atoms with Crippen LogP contribution in [-0.2, 0) is 4.79 Å². The van der Waals surface area contributed by atoms with Crippen LogP contribution in [0.4, 0.5) is 0 Å². The Balaban J connectivity index is 2.61. The summed E-state index contributed by atoms with van der Waals surface area (Å²) in [5.41, 5.74) is 2.00. The van der Waals surface area contributed by atoms with Crippen molar-refractivity contribution in [1.82, 2.24) is 0 Å². The number of allylic oxidation sites excluding steroid dienone is 6. The summed E-state index contributed by atoms with van der Waals surface area (Å²) < 4.78 is 0. The van der Waals surface area contributed by atoms with Crippen molar-refractivity contribution in [3.63, 3.8) is 0 Å². The minimum atomic E-state index is 0.787. The van der Waals surface area contributed by atoms with Crippen molar-refractivity contribution in [3.8, 4) is 0 Å². The summed E-state index contributed by atoms with van der Waals surface area (Å²) in [4.78, 5) is 10.2. The Kier molecular flexibility index (Phi) is 2.21. The van der Waals surface area contributed by atoms with Gasteiger partial charge in [-0.15, -0.1) is 0 Å². The topological polar surface area (TPSA) is 17.1 Å². The Bertz CT molecular complexity index is 219. The van der Waals surface area contributed by atoms with Crippen molar-refractivity contribution >= 4 is 6.29 Å². The highest BCUT2D eigenvalue weighted by Gasteiger charge is 1.94. The van der Waals surface area contributed by atoms with Gasteiger partial charge in [0.2, 0.25) is 0 Å². The molecule has 1 nitrogen and oxygen atoms in total. The van der Waals surface area contributed by atoms with Crippen LogP contribution in [0.5, 0.6) is 0 Å². The lowest BCUT2D eigenvalue weighted by Crippen LogP contribution is -1.77. The molecule has 0 N–H and O–H groups in total. The lowest BCUT2D eigenvalue weighted by Gasteiger charge is -1.90. The van der Waals surface area contributed by atoms with Crippen LogP contribution in [0, 0.1) is 0 Å². The normalized spacial score (nSPS) is 17.3. The first kappa shape index (κ1) is 7.00. The van der Waals surface area contributed by atoms with Gasteiger partial charge in [-0.05, 0) is 24.5 Å². The van der Waals surface area contributed by atoms with Crippen molar-refractivity contribution < 1.29 is 4.79 Å². The zero-order chi connectivity index (χ0) is 7.40. The van der Waals surface area contributed by atoms with E-state index in [1.165, 1.54) is 5.57 Å². The molecule has 0 fully saturated rings. The van der Waals surface area contributed by atoms with Gasteiger partial charge in [0.05, 0.1) is 0 Å². The van der Waals surface area contributed by atoms with Crippen LogP contribution in [0.2, 0.25) is 0 Å². The third-order valence-electron chi connectivity index (χ3n) is 1.40. The molecular weight excluding hydrogens is 124 g/mol. The van der Waals surface area contributed by atoms with Crippen molar-refractivity contribution in [2.45, 2.75) is 13.3 Å².